The summed E-state index contributed by atoms with van der Waals surface area (Å²) in [5.41, 5.74) is -1.66. The molecule has 0 bridgehead atoms. The first-order chi connectivity index (χ1) is 28.7. The van der Waals surface area contributed by atoms with E-state index in [2.05, 4.69) is 28.1 Å². The van der Waals surface area contributed by atoms with Crippen molar-refractivity contribution in [2.75, 3.05) is 0 Å². The van der Waals surface area contributed by atoms with Crippen LogP contribution in [-0.4, -0.2) is 49.1 Å². The number of alkyl halides is 12. The van der Waals surface area contributed by atoms with Gasteiger partial charge in [0.1, 0.15) is 34.0 Å². The third kappa shape index (κ3) is 17.0. The van der Waals surface area contributed by atoms with Crippen LogP contribution in [0.15, 0.2) is 101 Å². The fourth-order valence-corrected chi connectivity index (χ4v) is 6.63. The van der Waals surface area contributed by atoms with Crippen LogP contribution in [0.2, 0.25) is 0 Å². The summed E-state index contributed by atoms with van der Waals surface area (Å²) in [6, 6.07) is 20.4. The highest BCUT2D eigenvalue weighted by Crippen LogP contribution is 2.39. The Hall–Kier alpha value is -5.34. The van der Waals surface area contributed by atoms with Gasteiger partial charge in [-0.15, -0.1) is 52.7 Å². The predicted molar refractivity (Wildman–Crippen MR) is 208 cm³/mol. The summed E-state index contributed by atoms with van der Waals surface area (Å²) >= 11 is 0. The van der Waals surface area contributed by atoms with E-state index in [0.29, 0.717) is 0 Å². The Morgan fingerprint density at radius 1 is 0.556 bits per heavy atom. The number of nitriles is 1. The van der Waals surface area contributed by atoms with Gasteiger partial charge < -0.3 is 18.9 Å². The van der Waals surface area contributed by atoms with E-state index >= 15 is 0 Å². The van der Waals surface area contributed by atoms with Crippen molar-refractivity contribution < 1.29 is 80.1 Å². The largest absolute Gasteiger partial charge is 0.573 e. The summed E-state index contributed by atoms with van der Waals surface area (Å²) in [6.45, 7) is 9.70. The van der Waals surface area contributed by atoms with Crippen molar-refractivity contribution in [3.05, 3.63) is 119 Å². The Morgan fingerprint density at radius 3 is 1.19 bits per heavy atom. The number of benzene rings is 4. The van der Waals surface area contributed by atoms with Crippen LogP contribution >= 0.6 is 0 Å². The van der Waals surface area contributed by atoms with Crippen LogP contribution < -0.4 is 23.7 Å². The molecule has 0 aliphatic carbocycles. The number of ether oxygens (including phenoxy) is 4. The van der Waals surface area contributed by atoms with Crippen LogP contribution in [0.1, 0.15) is 70.2 Å². The minimum absolute atomic E-state index is 0.0209. The van der Waals surface area contributed by atoms with Crippen molar-refractivity contribution in [2.24, 2.45) is 4.40 Å². The van der Waals surface area contributed by atoms with Crippen LogP contribution in [0.25, 0.3) is 0 Å². The number of hydrogen-bond donors (Lipinski definition) is 1. The molecule has 23 heteroatoms. The summed E-state index contributed by atoms with van der Waals surface area (Å²) in [4.78, 5) is 0. The molecule has 0 spiro atoms. The maximum Gasteiger partial charge on any atom is 0.573 e. The number of nitrogens with zero attached hydrogens (tertiary/aromatic N) is 2. The van der Waals surface area contributed by atoms with Gasteiger partial charge in [0.05, 0.1) is 44.2 Å². The van der Waals surface area contributed by atoms with Gasteiger partial charge in [-0.25, -0.2) is 13.1 Å². The lowest BCUT2D eigenvalue weighted by Crippen LogP contribution is -2.48. The van der Waals surface area contributed by atoms with Gasteiger partial charge in [-0.2, -0.15) is 9.66 Å². The van der Waals surface area contributed by atoms with E-state index in [1.807, 2.05) is 6.07 Å². The standard InChI is InChI=1S/C21H20F6N2O3S.C19H17F6NO3S/c1-18(2,3)33(30)29-19(10-11-28,14-6-4-8-16(12-14)31-20(22,23)24)15-7-5-9-17(13-15)32-21(25,26)27;1-17(2,3)30(27)26-16(12-6-4-8-14(10-12)28-18(20,21)22)13-7-5-9-15(11-13)29-19(23,24)25/h4-9,12-13,29H,10H2,1-3H3;4-11H,1-3H3/t33-;30-/m11/s1. The molecule has 0 saturated heterocycles. The van der Waals surface area contributed by atoms with Crippen molar-refractivity contribution in [1.29, 1.82) is 5.26 Å². The molecule has 4 aromatic carbocycles. The van der Waals surface area contributed by atoms with Crippen LogP contribution in [0, 0.1) is 11.3 Å². The van der Waals surface area contributed by atoms with Crippen LogP contribution in [0.4, 0.5) is 52.7 Å². The van der Waals surface area contributed by atoms with Crippen LogP contribution in [0.3, 0.4) is 0 Å². The second-order valence-electron chi connectivity index (χ2n) is 14.8. The average Bonchev–Trinajstić information content (AvgIpc) is 3.10. The molecule has 0 radical (unpaired) electrons. The van der Waals surface area contributed by atoms with E-state index in [1.165, 1.54) is 48.5 Å². The van der Waals surface area contributed by atoms with E-state index in [-0.39, 0.29) is 28.0 Å². The molecule has 1 N–H and O–H groups in total. The predicted octanol–water partition coefficient (Wildman–Crippen LogP) is 11.5. The molecule has 0 aromatic heterocycles. The number of rotatable bonds is 12. The first-order valence-electron chi connectivity index (χ1n) is 17.7. The molecular weight excluding hydrogens is 911 g/mol. The Morgan fingerprint density at radius 2 is 0.889 bits per heavy atom. The highest BCUT2D eigenvalue weighted by atomic mass is 32.2. The first kappa shape index (κ1) is 52.0. The SMILES string of the molecule is CC(C)(C)[S@@](=O)N=C(c1cccc(OC(F)(F)F)c1)c1cccc(OC(F)(F)F)c1.CC(C)(C)[S@@](=O)NC(CC#N)(c1cccc(OC(F)(F)F)c1)c1cccc(OC(F)(F)F)c1. The molecule has 2 atom stereocenters. The zero-order valence-corrected chi connectivity index (χ0v) is 35.3. The van der Waals surface area contributed by atoms with Crippen molar-refractivity contribution in [1.82, 2.24) is 4.72 Å². The average molecular weight is 948 g/mol. The number of nitrogens with one attached hydrogen (secondary N) is 1. The molecule has 9 nitrogen and oxygen atoms in total. The molecule has 0 aliphatic rings. The van der Waals surface area contributed by atoms with E-state index in [1.54, 1.807) is 41.5 Å². The van der Waals surface area contributed by atoms with Crippen molar-refractivity contribution in [3.8, 4) is 29.1 Å². The molecule has 0 aliphatic heterocycles. The van der Waals surface area contributed by atoms with Gasteiger partial charge in [-0.1, -0.05) is 48.5 Å². The van der Waals surface area contributed by atoms with Gasteiger partial charge in [-0.05, 0) is 101 Å². The Bertz CT molecular complexity index is 2190. The lowest BCUT2D eigenvalue weighted by molar-refractivity contribution is -0.275. The Kier molecular flexibility index (Phi) is 16.5. The minimum Gasteiger partial charge on any atom is -0.406 e. The normalized spacial score (nSPS) is 13.7. The third-order valence-corrected chi connectivity index (χ3v) is 10.7. The highest BCUT2D eigenvalue weighted by Gasteiger charge is 2.41. The summed E-state index contributed by atoms with van der Waals surface area (Å²) in [5.74, 6) is -2.35. The topological polar surface area (TPSA) is 119 Å². The van der Waals surface area contributed by atoms with Gasteiger partial charge in [-0.3, -0.25) is 0 Å². The molecular formula is C40H37F12N3O6S2. The summed E-state index contributed by atoms with van der Waals surface area (Å²) < 4.78 is 198. The molecule has 344 valence electrons. The highest BCUT2D eigenvalue weighted by molar-refractivity contribution is 7.85. The van der Waals surface area contributed by atoms with Crippen LogP contribution in [-0.2, 0) is 27.5 Å². The molecule has 0 amide bonds. The van der Waals surface area contributed by atoms with E-state index < -0.39 is 91.9 Å². The molecule has 63 heavy (non-hydrogen) atoms. The lowest BCUT2D eigenvalue weighted by atomic mass is 9.81. The van der Waals surface area contributed by atoms with Gasteiger partial charge in [0.25, 0.3) is 0 Å². The zero-order chi connectivity index (χ0) is 47.8. The summed E-state index contributed by atoms with van der Waals surface area (Å²) in [5, 5.41) is 9.54. The van der Waals surface area contributed by atoms with Gasteiger partial charge in [0.15, 0.2) is 0 Å². The van der Waals surface area contributed by atoms with Gasteiger partial charge >= 0.3 is 25.4 Å². The second kappa shape index (κ2) is 20.0. The van der Waals surface area contributed by atoms with Crippen molar-refractivity contribution in [2.45, 2.75) is 88.4 Å². The molecule has 4 rings (SSSR count). The maximum absolute atomic E-state index is 13.0. The Labute approximate surface area is 358 Å². The first-order valence-corrected chi connectivity index (χ1v) is 20.0. The quantitative estimate of drug-likeness (QED) is 0.111. The van der Waals surface area contributed by atoms with E-state index in [4.69, 9.17) is 0 Å². The van der Waals surface area contributed by atoms with E-state index in [0.717, 1.165) is 48.5 Å². The number of hydrogen-bond acceptors (Lipinski definition) is 7. The molecule has 4 aromatic rings. The fourth-order valence-electron chi connectivity index (χ4n) is 5.04. The minimum atomic E-state index is -5.00. The Balaban J connectivity index is 0.000000337. The van der Waals surface area contributed by atoms with Gasteiger partial charge in [0, 0.05) is 11.1 Å². The van der Waals surface area contributed by atoms with Crippen LogP contribution in [0.5, 0.6) is 23.0 Å². The fraction of sp³-hybridized carbons (Fsp3) is 0.350. The monoisotopic (exact) mass is 947 g/mol. The molecule has 0 unspecified atom stereocenters. The zero-order valence-electron chi connectivity index (χ0n) is 33.6. The number of halogens is 12. The summed E-state index contributed by atoms with van der Waals surface area (Å²) in [6.07, 6.45) is -20.4. The van der Waals surface area contributed by atoms with Crippen molar-refractivity contribution >= 4 is 27.7 Å². The summed E-state index contributed by atoms with van der Waals surface area (Å²) in [7, 11) is -3.75. The van der Waals surface area contributed by atoms with E-state index in [9.17, 15) is 66.4 Å². The molecule has 0 heterocycles. The lowest BCUT2D eigenvalue weighted by Gasteiger charge is -2.36. The van der Waals surface area contributed by atoms with Crippen molar-refractivity contribution in [3.63, 3.8) is 0 Å². The molecule has 0 fully saturated rings. The maximum atomic E-state index is 13.0. The molecule has 0 saturated carbocycles. The smallest absolute Gasteiger partial charge is 0.406 e. The third-order valence-electron chi connectivity index (χ3n) is 7.67. The van der Waals surface area contributed by atoms with Gasteiger partial charge in [0.2, 0.25) is 0 Å². The second-order valence-corrected chi connectivity index (χ2v) is 18.7.